The molecule has 2 saturated carbocycles. The highest BCUT2D eigenvalue weighted by Crippen LogP contribution is 2.47. The van der Waals surface area contributed by atoms with Crippen molar-refractivity contribution in [2.24, 2.45) is 17.8 Å². The molecular weight excluding hydrogens is 180 g/mol. The van der Waals surface area contributed by atoms with Gasteiger partial charge in [-0.3, -0.25) is 0 Å². The first kappa shape index (κ1) is 9.69. The van der Waals surface area contributed by atoms with E-state index < -0.39 is 0 Å². The Morgan fingerprint density at radius 3 is 2.67 bits per heavy atom. The van der Waals surface area contributed by atoms with Crippen LogP contribution in [-0.4, -0.2) is 0 Å². The molecule has 0 heteroatoms. The molecule has 3 aliphatic carbocycles. The highest BCUT2D eigenvalue weighted by Gasteiger charge is 2.35. The van der Waals surface area contributed by atoms with E-state index >= 15 is 0 Å². The fourth-order valence-electron chi connectivity index (χ4n) is 4.00. The van der Waals surface area contributed by atoms with Crippen molar-refractivity contribution in [3.8, 4) is 0 Å². The van der Waals surface area contributed by atoms with E-state index in [1.807, 2.05) is 5.57 Å². The molecule has 0 aromatic rings. The Morgan fingerprint density at radius 1 is 0.933 bits per heavy atom. The normalized spacial score (nSPS) is 36.4. The van der Waals surface area contributed by atoms with Gasteiger partial charge in [-0.05, 0) is 49.9 Å². The molecule has 2 fully saturated rings. The lowest BCUT2D eigenvalue weighted by Crippen LogP contribution is -2.18. The minimum Gasteiger partial charge on any atom is -0.0839 e. The van der Waals surface area contributed by atoms with Crippen LogP contribution >= 0.6 is 0 Å². The molecule has 0 radical (unpaired) electrons. The molecule has 3 aliphatic rings. The van der Waals surface area contributed by atoms with Gasteiger partial charge in [0.2, 0.25) is 0 Å². The number of rotatable bonds is 1. The molecule has 0 aromatic carbocycles. The van der Waals surface area contributed by atoms with Gasteiger partial charge in [0.1, 0.15) is 0 Å². The van der Waals surface area contributed by atoms with Crippen molar-refractivity contribution >= 4 is 0 Å². The van der Waals surface area contributed by atoms with Gasteiger partial charge in [0.05, 0.1) is 0 Å². The molecule has 2 atom stereocenters. The third-order valence-corrected chi connectivity index (χ3v) is 4.79. The molecule has 0 saturated heterocycles. The van der Waals surface area contributed by atoms with Gasteiger partial charge in [-0.2, -0.15) is 0 Å². The molecule has 0 nitrogen and oxygen atoms in total. The summed E-state index contributed by atoms with van der Waals surface area (Å²) in [4.78, 5) is 0. The smallest absolute Gasteiger partial charge is 0.0162 e. The Morgan fingerprint density at radius 2 is 1.80 bits per heavy atom. The topological polar surface area (TPSA) is 0 Å². The predicted octanol–water partition coefficient (Wildman–Crippen LogP) is 4.48. The molecule has 0 amide bonds. The maximum atomic E-state index is 2.44. The van der Waals surface area contributed by atoms with E-state index in [1.54, 1.807) is 0 Å². The largest absolute Gasteiger partial charge is 0.0839 e. The molecular formula is C15H22. The minimum atomic E-state index is 0.932. The van der Waals surface area contributed by atoms with Gasteiger partial charge in [0.25, 0.3) is 0 Å². The molecule has 0 bridgehead atoms. The first-order valence-corrected chi connectivity index (χ1v) is 6.82. The van der Waals surface area contributed by atoms with Crippen LogP contribution in [0.3, 0.4) is 0 Å². The van der Waals surface area contributed by atoms with Crippen LogP contribution in [0.2, 0.25) is 0 Å². The molecule has 3 rings (SSSR count). The van der Waals surface area contributed by atoms with Gasteiger partial charge in [-0.25, -0.2) is 0 Å². The third kappa shape index (κ3) is 1.79. The van der Waals surface area contributed by atoms with Gasteiger partial charge >= 0.3 is 0 Å². The third-order valence-electron chi connectivity index (χ3n) is 4.79. The van der Waals surface area contributed by atoms with Gasteiger partial charge in [-0.15, -0.1) is 0 Å². The number of hydrogen-bond donors (Lipinski definition) is 0. The Bertz CT molecular complexity index is 278. The lowest BCUT2D eigenvalue weighted by atomic mass is 9.76. The van der Waals surface area contributed by atoms with Crippen LogP contribution in [0.25, 0.3) is 0 Å². The summed E-state index contributed by atoms with van der Waals surface area (Å²) < 4.78 is 0. The van der Waals surface area contributed by atoms with Crippen molar-refractivity contribution < 1.29 is 0 Å². The van der Waals surface area contributed by atoms with Crippen molar-refractivity contribution in [1.29, 1.82) is 0 Å². The predicted molar refractivity (Wildman–Crippen MR) is 64.6 cm³/mol. The van der Waals surface area contributed by atoms with Crippen molar-refractivity contribution in [2.75, 3.05) is 0 Å². The van der Waals surface area contributed by atoms with E-state index in [0.717, 1.165) is 17.8 Å². The maximum Gasteiger partial charge on any atom is -0.0162 e. The van der Waals surface area contributed by atoms with Crippen LogP contribution in [-0.2, 0) is 0 Å². The van der Waals surface area contributed by atoms with Crippen LogP contribution in [0.4, 0.5) is 0 Å². The molecule has 0 heterocycles. The molecule has 15 heavy (non-hydrogen) atoms. The molecule has 0 N–H and O–H groups in total. The number of allylic oxidation sites excluding steroid dienone is 4. The van der Waals surface area contributed by atoms with E-state index in [9.17, 15) is 0 Å². The van der Waals surface area contributed by atoms with Gasteiger partial charge < -0.3 is 0 Å². The average Bonchev–Trinajstić information content (AvgIpc) is 2.74. The Kier molecular flexibility index (Phi) is 2.68. The van der Waals surface area contributed by atoms with Crippen LogP contribution < -0.4 is 0 Å². The van der Waals surface area contributed by atoms with E-state index in [4.69, 9.17) is 0 Å². The summed E-state index contributed by atoms with van der Waals surface area (Å²) in [5, 5.41) is 0. The quantitative estimate of drug-likeness (QED) is 0.588. The summed E-state index contributed by atoms with van der Waals surface area (Å²) in [5.74, 6) is 2.95. The number of fused-ring (bicyclic) bond motifs is 1. The fourth-order valence-corrected chi connectivity index (χ4v) is 4.00. The summed E-state index contributed by atoms with van der Waals surface area (Å²) in [6.07, 6.45) is 18.9. The lowest BCUT2D eigenvalue weighted by Gasteiger charge is -2.29. The Labute approximate surface area is 93.5 Å². The number of hydrogen-bond acceptors (Lipinski definition) is 0. The SMILES string of the molecule is C1=CCC2CCC(C3CCCCC3)C2=C1. The average molecular weight is 202 g/mol. The molecule has 82 valence electrons. The minimum absolute atomic E-state index is 0.932. The van der Waals surface area contributed by atoms with Crippen LogP contribution in [0.5, 0.6) is 0 Å². The second kappa shape index (κ2) is 4.15. The summed E-state index contributed by atoms with van der Waals surface area (Å²) in [7, 11) is 0. The van der Waals surface area contributed by atoms with E-state index in [2.05, 4.69) is 18.2 Å². The first-order chi connectivity index (χ1) is 7.45. The van der Waals surface area contributed by atoms with Gasteiger partial charge in [0, 0.05) is 0 Å². The van der Waals surface area contributed by atoms with Crippen LogP contribution in [0.15, 0.2) is 23.8 Å². The Hall–Kier alpha value is -0.520. The van der Waals surface area contributed by atoms with E-state index in [1.165, 1.54) is 51.4 Å². The monoisotopic (exact) mass is 202 g/mol. The highest BCUT2D eigenvalue weighted by molar-refractivity contribution is 5.26. The van der Waals surface area contributed by atoms with Crippen LogP contribution in [0.1, 0.15) is 51.4 Å². The van der Waals surface area contributed by atoms with Gasteiger partial charge in [0.15, 0.2) is 0 Å². The zero-order valence-corrected chi connectivity index (χ0v) is 9.62. The molecule has 0 spiro atoms. The summed E-state index contributed by atoms with van der Waals surface area (Å²) in [5.41, 5.74) is 1.82. The maximum absolute atomic E-state index is 2.44. The molecule has 0 aliphatic heterocycles. The second-order valence-corrected chi connectivity index (χ2v) is 5.61. The standard InChI is InChI=1S/C15H22/c1-2-6-12(7-3-1)15-11-10-13-8-4-5-9-14(13)15/h4-5,9,12-13,15H,1-3,6-8,10-11H2. The van der Waals surface area contributed by atoms with Crippen molar-refractivity contribution in [3.63, 3.8) is 0 Å². The van der Waals surface area contributed by atoms with Crippen molar-refractivity contribution in [3.05, 3.63) is 23.8 Å². The van der Waals surface area contributed by atoms with E-state index in [-0.39, 0.29) is 0 Å². The zero-order valence-electron chi connectivity index (χ0n) is 9.62. The Balaban J connectivity index is 1.75. The molecule has 0 aromatic heterocycles. The van der Waals surface area contributed by atoms with Crippen molar-refractivity contribution in [2.45, 2.75) is 51.4 Å². The lowest BCUT2D eigenvalue weighted by molar-refractivity contribution is 0.279. The fraction of sp³-hybridized carbons (Fsp3) is 0.733. The summed E-state index contributed by atoms with van der Waals surface area (Å²) in [6, 6.07) is 0. The van der Waals surface area contributed by atoms with Crippen LogP contribution in [0, 0.1) is 17.8 Å². The first-order valence-electron chi connectivity index (χ1n) is 6.82. The second-order valence-electron chi connectivity index (χ2n) is 5.61. The highest BCUT2D eigenvalue weighted by atomic mass is 14.4. The van der Waals surface area contributed by atoms with E-state index in [0.29, 0.717) is 0 Å². The van der Waals surface area contributed by atoms with Crippen molar-refractivity contribution in [1.82, 2.24) is 0 Å². The van der Waals surface area contributed by atoms with Gasteiger partial charge in [-0.1, -0.05) is 43.1 Å². The summed E-state index contributed by atoms with van der Waals surface area (Å²) >= 11 is 0. The summed E-state index contributed by atoms with van der Waals surface area (Å²) in [6.45, 7) is 0. The molecule has 2 unspecified atom stereocenters. The zero-order chi connectivity index (χ0) is 10.1.